The van der Waals surface area contributed by atoms with Crippen LogP contribution in [0.15, 0.2) is 52.0 Å². The van der Waals surface area contributed by atoms with Crippen LogP contribution in [-0.2, 0) is 9.59 Å². The number of hydrogen-bond donors (Lipinski definition) is 0. The number of rotatable bonds is 4. The molecule has 0 saturated carbocycles. The van der Waals surface area contributed by atoms with Crippen molar-refractivity contribution in [3.05, 3.63) is 57.7 Å². The lowest BCUT2D eigenvalue weighted by Crippen LogP contribution is -2.44. The Kier molecular flexibility index (Phi) is 5.91. The molecular formula is C21H20BrN3O3S. The van der Waals surface area contributed by atoms with Crippen molar-refractivity contribution in [3.8, 4) is 5.69 Å². The first-order valence-electron chi connectivity index (χ1n) is 9.49. The number of likely N-dealkylation sites (tertiary alicyclic amines) is 1. The number of hydrogen-bond acceptors (Lipinski definition) is 4. The topological polar surface area (TPSA) is 62.6 Å². The highest BCUT2D eigenvalue weighted by atomic mass is 79.9. The Bertz CT molecular complexity index is 977. The van der Waals surface area contributed by atoms with Crippen molar-refractivity contribution in [1.29, 1.82) is 0 Å². The zero-order valence-corrected chi connectivity index (χ0v) is 18.1. The van der Waals surface area contributed by atoms with E-state index in [0.717, 1.165) is 51.8 Å². The summed E-state index contributed by atoms with van der Waals surface area (Å²) in [6.07, 6.45) is 6.67. The van der Waals surface area contributed by atoms with E-state index in [4.69, 9.17) is 0 Å². The van der Waals surface area contributed by atoms with Gasteiger partial charge in [-0.05, 0) is 73.5 Å². The number of aromatic nitrogens is 1. The molecule has 0 N–H and O–H groups in total. The molecule has 8 heteroatoms. The molecule has 29 heavy (non-hydrogen) atoms. The van der Waals surface area contributed by atoms with Gasteiger partial charge in [-0.2, -0.15) is 0 Å². The van der Waals surface area contributed by atoms with E-state index in [1.165, 1.54) is 0 Å². The highest BCUT2D eigenvalue weighted by Gasteiger charge is 2.37. The molecule has 2 aliphatic rings. The number of nitrogens with zero attached hydrogens (tertiary/aromatic N) is 3. The third kappa shape index (κ3) is 4.33. The Labute approximate surface area is 181 Å². The van der Waals surface area contributed by atoms with Crippen LogP contribution in [0.5, 0.6) is 0 Å². The molecule has 1 aromatic heterocycles. The van der Waals surface area contributed by atoms with Crippen molar-refractivity contribution in [2.24, 2.45) is 0 Å². The van der Waals surface area contributed by atoms with E-state index in [-0.39, 0.29) is 12.5 Å². The van der Waals surface area contributed by atoms with Crippen LogP contribution in [-0.4, -0.2) is 51.1 Å². The fourth-order valence-electron chi connectivity index (χ4n) is 3.50. The molecule has 4 rings (SSSR count). The van der Waals surface area contributed by atoms with Crippen molar-refractivity contribution in [3.63, 3.8) is 0 Å². The summed E-state index contributed by atoms with van der Waals surface area (Å²) in [5, 5.41) is -0.395. The second-order valence-corrected chi connectivity index (χ2v) is 8.90. The Balaban J connectivity index is 1.52. The SMILES string of the molecule is O=C(CN1C(=O)SC(=Cc2cccn2-c2ccc(Br)cc2)C1=O)N1CCCCC1. The smallest absolute Gasteiger partial charge is 0.294 e. The molecular weight excluding hydrogens is 454 g/mol. The maximum Gasteiger partial charge on any atom is 0.294 e. The van der Waals surface area contributed by atoms with E-state index in [2.05, 4.69) is 15.9 Å². The van der Waals surface area contributed by atoms with Gasteiger partial charge < -0.3 is 9.47 Å². The molecule has 3 heterocycles. The van der Waals surface area contributed by atoms with E-state index in [1.807, 2.05) is 47.2 Å². The molecule has 0 aliphatic carbocycles. The molecule has 2 aromatic rings. The van der Waals surface area contributed by atoms with Gasteiger partial charge in [0.2, 0.25) is 5.91 Å². The van der Waals surface area contributed by atoms with Gasteiger partial charge in [0.1, 0.15) is 6.54 Å². The molecule has 2 fully saturated rings. The molecule has 0 spiro atoms. The summed E-state index contributed by atoms with van der Waals surface area (Å²) in [5.74, 6) is -0.569. The largest absolute Gasteiger partial charge is 0.341 e. The number of carbonyl (C=O) groups excluding carboxylic acids is 3. The lowest BCUT2D eigenvalue weighted by atomic mass is 10.1. The number of imide groups is 1. The van der Waals surface area contributed by atoms with Crippen LogP contribution in [0.1, 0.15) is 25.0 Å². The van der Waals surface area contributed by atoms with Crippen LogP contribution in [0.3, 0.4) is 0 Å². The average Bonchev–Trinajstić information content (AvgIpc) is 3.29. The van der Waals surface area contributed by atoms with Gasteiger partial charge in [0.25, 0.3) is 11.1 Å². The van der Waals surface area contributed by atoms with E-state index in [0.29, 0.717) is 18.0 Å². The second-order valence-electron chi connectivity index (χ2n) is 6.99. The molecule has 2 saturated heterocycles. The van der Waals surface area contributed by atoms with E-state index in [1.54, 1.807) is 11.0 Å². The van der Waals surface area contributed by atoms with Crippen molar-refractivity contribution in [2.45, 2.75) is 19.3 Å². The van der Waals surface area contributed by atoms with E-state index < -0.39 is 11.1 Å². The van der Waals surface area contributed by atoms with Crippen LogP contribution in [0.2, 0.25) is 0 Å². The number of piperidine rings is 1. The zero-order chi connectivity index (χ0) is 20.4. The highest BCUT2D eigenvalue weighted by molar-refractivity contribution is 9.10. The summed E-state index contributed by atoms with van der Waals surface area (Å²) in [7, 11) is 0. The lowest BCUT2D eigenvalue weighted by molar-refractivity contribution is -0.136. The summed E-state index contributed by atoms with van der Waals surface area (Å²) < 4.78 is 2.92. The molecule has 1 aromatic carbocycles. The number of amides is 3. The van der Waals surface area contributed by atoms with E-state index in [9.17, 15) is 14.4 Å². The summed E-state index contributed by atoms with van der Waals surface area (Å²) in [4.78, 5) is 40.8. The molecule has 150 valence electrons. The lowest BCUT2D eigenvalue weighted by Gasteiger charge is -2.27. The minimum atomic E-state index is -0.408. The number of benzene rings is 1. The summed E-state index contributed by atoms with van der Waals surface area (Å²) in [5.41, 5.74) is 1.74. The van der Waals surface area contributed by atoms with Crippen LogP contribution < -0.4 is 0 Å². The Hall–Kier alpha value is -2.32. The van der Waals surface area contributed by atoms with Gasteiger partial charge >= 0.3 is 0 Å². The van der Waals surface area contributed by atoms with Gasteiger partial charge in [-0.25, -0.2) is 0 Å². The van der Waals surface area contributed by atoms with Crippen molar-refractivity contribution in [2.75, 3.05) is 19.6 Å². The molecule has 6 nitrogen and oxygen atoms in total. The first-order valence-corrected chi connectivity index (χ1v) is 11.1. The predicted octanol–water partition coefficient (Wildman–Crippen LogP) is 4.29. The van der Waals surface area contributed by atoms with Gasteiger partial charge in [0.15, 0.2) is 0 Å². The Morgan fingerprint density at radius 3 is 2.52 bits per heavy atom. The van der Waals surface area contributed by atoms with Gasteiger partial charge in [0, 0.05) is 35.1 Å². The third-order valence-electron chi connectivity index (χ3n) is 5.04. The Morgan fingerprint density at radius 1 is 1.07 bits per heavy atom. The maximum absolute atomic E-state index is 12.8. The van der Waals surface area contributed by atoms with Crippen LogP contribution >= 0.6 is 27.7 Å². The average molecular weight is 474 g/mol. The van der Waals surface area contributed by atoms with Crippen LogP contribution in [0.4, 0.5) is 4.79 Å². The monoisotopic (exact) mass is 473 g/mol. The maximum atomic E-state index is 12.8. The summed E-state index contributed by atoms with van der Waals surface area (Å²) in [6, 6.07) is 11.6. The molecule has 0 unspecified atom stereocenters. The molecule has 0 atom stereocenters. The number of carbonyl (C=O) groups is 3. The fraction of sp³-hybridized carbons (Fsp3) is 0.286. The van der Waals surface area contributed by atoms with Gasteiger partial charge in [0.05, 0.1) is 4.91 Å². The second kappa shape index (κ2) is 8.59. The molecule has 0 bridgehead atoms. The van der Waals surface area contributed by atoms with Crippen LogP contribution in [0, 0.1) is 0 Å². The Morgan fingerprint density at radius 2 is 1.79 bits per heavy atom. The first-order chi connectivity index (χ1) is 14.0. The first kappa shape index (κ1) is 20.0. The van der Waals surface area contributed by atoms with Gasteiger partial charge in [-0.15, -0.1) is 0 Å². The minimum Gasteiger partial charge on any atom is -0.341 e. The van der Waals surface area contributed by atoms with Gasteiger partial charge in [-0.1, -0.05) is 15.9 Å². The molecule has 2 aliphatic heterocycles. The predicted molar refractivity (Wildman–Crippen MR) is 117 cm³/mol. The minimum absolute atomic E-state index is 0.161. The number of thioether (sulfide) groups is 1. The summed E-state index contributed by atoms with van der Waals surface area (Å²) in [6.45, 7) is 1.22. The van der Waals surface area contributed by atoms with Crippen molar-refractivity contribution in [1.82, 2.24) is 14.4 Å². The molecule has 3 amide bonds. The van der Waals surface area contributed by atoms with Crippen molar-refractivity contribution < 1.29 is 14.4 Å². The quantitative estimate of drug-likeness (QED) is 0.621. The summed E-state index contributed by atoms with van der Waals surface area (Å²) >= 11 is 4.31. The van der Waals surface area contributed by atoms with Crippen molar-refractivity contribution >= 4 is 50.8 Å². The van der Waals surface area contributed by atoms with Gasteiger partial charge in [-0.3, -0.25) is 19.3 Å². The number of halogens is 1. The third-order valence-corrected chi connectivity index (χ3v) is 6.48. The fourth-order valence-corrected chi connectivity index (χ4v) is 4.59. The highest BCUT2D eigenvalue weighted by Crippen LogP contribution is 2.32. The zero-order valence-electron chi connectivity index (χ0n) is 15.7. The van der Waals surface area contributed by atoms with E-state index >= 15 is 0 Å². The normalized spacial score (nSPS) is 18.7. The molecule has 0 radical (unpaired) electrons. The van der Waals surface area contributed by atoms with Crippen LogP contribution in [0.25, 0.3) is 11.8 Å². The standard InChI is InChI=1S/C21H20BrN3O3S/c22-15-6-8-16(9-7-15)24-12-4-5-17(24)13-18-20(27)25(21(28)29-18)14-19(26)23-10-2-1-3-11-23/h4-9,12-13H,1-3,10-11,14H2.